The minimum atomic E-state index is -1.23. The van der Waals surface area contributed by atoms with Gasteiger partial charge in [0.25, 0.3) is 0 Å². The smallest absolute Gasteiger partial charge is 0.326 e. The van der Waals surface area contributed by atoms with Crippen LogP contribution in [-0.2, 0) is 32.0 Å². The molecule has 8 N–H and O–H groups in total. The molecule has 0 unspecified atom stereocenters. The summed E-state index contributed by atoms with van der Waals surface area (Å²) in [7, 11) is 0. The topological polar surface area (TPSA) is 177 Å². The van der Waals surface area contributed by atoms with Crippen LogP contribution in [0.4, 0.5) is 0 Å². The average molecular weight is 526 g/mol. The number of carbonyl (C=O) groups excluding carboxylic acids is 3. The van der Waals surface area contributed by atoms with E-state index in [1.165, 1.54) is 13.8 Å². The number of unbranched alkanes of at least 4 members (excludes halogenated alkanes) is 1. The maximum absolute atomic E-state index is 13.5. The lowest BCUT2D eigenvalue weighted by atomic mass is 10.00. The van der Waals surface area contributed by atoms with Crippen molar-refractivity contribution in [3.63, 3.8) is 0 Å². The molecule has 0 aliphatic carbocycles. The van der Waals surface area contributed by atoms with Gasteiger partial charge in [-0.2, -0.15) is 0 Å². The Balaban J connectivity index is 2.28. The van der Waals surface area contributed by atoms with E-state index in [2.05, 4.69) is 16.0 Å². The summed E-state index contributed by atoms with van der Waals surface area (Å²) in [6, 6.07) is 15.0. The summed E-state index contributed by atoms with van der Waals surface area (Å²) < 4.78 is 0. The van der Waals surface area contributed by atoms with Gasteiger partial charge in [-0.25, -0.2) is 4.79 Å². The molecule has 0 saturated carbocycles. The highest BCUT2D eigenvalue weighted by molar-refractivity contribution is 5.95. The molecule has 0 radical (unpaired) electrons. The predicted octanol–water partition coefficient (Wildman–Crippen LogP) is 0.877. The van der Waals surface area contributed by atoms with Crippen molar-refractivity contribution in [1.82, 2.24) is 16.0 Å². The van der Waals surface area contributed by atoms with Crippen LogP contribution >= 0.6 is 0 Å². The standard InChI is InChI=1S/C28H39N5O5/c1-28(2,30)27(38)33-23(18-20-13-7-4-8-14-20)25(35)32-22(17-19-11-5-3-6-12-19)24(34)31-21(26(36)37)15-9-10-16-29/h3-8,11-14,21-23H,9-10,15-18,29-30H2,1-2H3,(H,31,34)(H,32,35)(H,33,38)(H,36,37)/t21-,22-,23-/m0/s1. The van der Waals surface area contributed by atoms with Crippen LogP contribution in [0, 0.1) is 0 Å². The van der Waals surface area contributed by atoms with Crippen LogP contribution in [0.15, 0.2) is 60.7 Å². The van der Waals surface area contributed by atoms with E-state index in [0.717, 1.165) is 11.1 Å². The molecule has 3 amide bonds. The van der Waals surface area contributed by atoms with Crippen LogP contribution in [-0.4, -0.2) is 59.0 Å². The molecule has 0 saturated heterocycles. The molecular formula is C28H39N5O5. The van der Waals surface area contributed by atoms with Crippen molar-refractivity contribution in [2.45, 2.75) is 69.6 Å². The Labute approximate surface area is 223 Å². The van der Waals surface area contributed by atoms with Crippen molar-refractivity contribution in [1.29, 1.82) is 0 Å². The maximum atomic E-state index is 13.5. The number of hydrogen-bond donors (Lipinski definition) is 6. The van der Waals surface area contributed by atoms with Crippen molar-refractivity contribution >= 4 is 23.7 Å². The molecule has 0 aliphatic rings. The number of hydrogen-bond acceptors (Lipinski definition) is 6. The molecule has 38 heavy (non-hydrogen) atoms. The molecule has 10 nitrogen and oxygen atoms in total. The van der Waals surface area contributed by atoms with Crippen LogP contribution in [0.1, 0.15) is 44.2 Å². The van der Waals surface area contributed by atoms with E-state index in [1.54, 1.807) is 12.1 Å². The third kappa shape index (κ3) is 10.3. The van der Waals surface area contributed by atoms with Crippen molar-refractivity contribution < 1.29 is 24.3 Å². The van der Waals surface area contributed by atoms with Crippen LogP contribution in [0.25, 0.3) is 0 Å². The van der Waals surface area contributed by atoms with Crippen molar-refractivity contribution in [2.75, 3.05) is 6.54 Å². The number of amides is 3. The first-order valence-electron chi connectivity index (χ1n) is 12.7. The van der Waals surface area contributed by atoms with Gasteiger partial charge in [0.2, 0.25) is 17.7 Å². The molecule has 2 rings (SSSR count). The molecule has 206 valence electrons. The van der Waals surface area contributed by atoms with E-state index < -0.39 is 47.4 Å². The lowest BCUT2D eigenvalue weighted by Gasteiger charge is -2.27. The van der Waals surface area contributed by atoms with Gasteiger partial charge in [-0.3, -0.25) is 14.4 Å². The van der Waals surface area contributed by atoms with Gasteiger partial charge in [0.1, 0.15) is 18.1 Å². The second kappa shape index (κ2) is 14.8. The lowest BCUT2D eigenvalue weighted by Crippen LogP contribution is -2.59. The molecule has 2 aromatic rings. The fourth-order valence-electron chi connectivity index (χ4n) is 3.76. The number of carbonyl (C=O) groups is 4. The Morgan fingerprint density at radius 1 is 0.763 bits per heavy atom. The van der Waals surface area contributed by atoms with Crippen LogP contribution in [0.3, 0.4) is 0 Å². The molecule has 0 aromatic heterocycles. The van der Waals surface area contributed by atoms with Gasteiger partial charge in [-0.05, 0) is 50.8 Å². The van der Waals surface area contributed by atoms with E-state index in [0.29, 0.717) is 19.4 Å². The Bertz CT molecular complexity index is 1060. The van der Waals surface area contributed by atoms with Crippen LogP contribution in [0.2, 0.25) is 0 Å². The van der Waals surface area contributed by atoms with Crippen LogP contribution in [0.5, 0.6) is 0 Å². The summed E-state index contributed by atoms with van der Waals surface area (Å²) >= 11 is 0. The molecular weight excluding hydrogens is 486 g/mol. The highest BCUT2D eigenvalue weighted by Crippen LogP contribution is 2.09. The highest BCUT2D eigenvalue weighted by Gasteiger charge is 2.32. The van der Waals surface area contributed by atoms with Gasteiger partial charge in [-0.1, -0.05) is 60.7 Å². The normalized spacial score (nSPS) is 13.6. The highest BCUT2D eigenvalue weighted by atomic mass is 16.4. The van der Waals surface area contributed by atoms with E-state index in [4.69, 9.17) is 11.5 Å². The molecule has 10 heteroatoms. The average Bonchev–Trinajstić information content (AvgIpc) is 2.87. The first kappa shape index (κ1) is 30.5. The summed E-state index contributed by atoms with van der Waals surface area (Å²) in [5.74, 6) is -2.91. The van der Waals surface area contributed by atoms with E-state index in [9.17, 15) is 24.3 Å². The summed E-state index contributed by atoms with van der Waals surface area (Å²) in [5.41, 5.74) is 11.8. The number of nitrogens with two attached hydrogens (primary N) is 2. The lowest BCUT2D eigenvalue weighted by molar-refractivity contribution is -0.142. The number of nitrogens with one attached hydrogen (secondary N) is 3. The monoisotopic (exact) mass is 525 g/mol. The Morgan fingerprint density at radius 3 is 1.63 bits per heavy atom. The van der Waals surface area contributed by atoms with Crippen LogP contribution < -0.4 is 27.4 Å². The van der Waals surface area contributed by atoms with E-state index in [1.807, 2.05) is 48.5 Å². The van der Waals surface area contributed by atoms with Crippen molar-refractivity contribution in [2.24, 2.45) is 11.5 Å². The van der Waals surface area contributed by atoms with Gasteiger partial charge >= 0.3 is 5.97 Å². The zero-order valence-electron chi connectivity index (χ0n) is 22.0. The first-order chi connectivity index (χ1) is 18.0. The Morgan fingerprint density at radius 2 is 1.21 bits per heavy atom. The van der Waals surface area contributed by atoms with Gasteiger partial charge in [0, 0.05) is 12.8 Å². The second-order valence-corrected chi connectivity index (χ2v) is 9.87. The minimum Gasteiger partial charge on any atom is -0.480 e. The maximum Gasteiger partial charge on any atom is 0.326 e. The fraction of sp³-hybridized carbons (Fsp3) is 0.429. The minimum absolute atomic E-state index is 0.127. The SMILES string of the molecule is CC(C)(N)C(=O)N[C@@H](Cc1ccccc1)C(=O)N[C@@H](Cc1ccccc1)C(=O)N[C@@H](CCCCN)C(=O)O. The third-order valence-electron chi connectivity index (χ3n) is 5.97. The molecule has 0 bridgehead atoms. The van der Waals surface area contributed by atoms with E-state index in [-0.39, 0.29) is 19.3 Å². The summed E-state index contributed by atoms with van der Waals surface area (Å²) in [5, 5.41) is 17.6. The summed E-state index contributed by atoms with van der Waals surface area (Å²) in [6.45, 7) is 3.48. The van der Waals surface area contributed by atoms with Crippen molar-refractivity contribution in [3.8, 4) is 0 Å². The molecule has 2 aromatic carbocycles. The molecule has 0 fully saturated rings. The summed E-state index contributed by atoms with van der Waals surface area (Å²) in [6.07, 6.45) is 1.67. The number of aliphatic carboxylic acids is 1. The largest absolute Gasteiger partial charge is 0.480 e. The van der Waals surface area contributed by atoms with Gasteiger partial charge < -0.3 is 32.5 Å². The second-order valence-electron chi connectivity index (χ2n) is 9.87. The summed E-state index contributed by atoms with van der Waals surface area (Å²) in [4.78, 5) is 51.2. The molecule has 0 aliphatic heterocycles. The third-order valence-corrected chi connectivity index (χ3v) is 5.97. The van der Waals surface area contributed by atoms with Gasteiger partial charge in [-0.15, -0.1) is 0 Å². The Hall–Kier alpha value is -3.76. The number of carboxylic acid groups (broad SMARTS) is 1. The Kier molecular flexibility index (Phi) is 11.9. The zero-order chi connectivity index (χ0) is 28.1. The first-order valence-corrected chi connectivity index (χ1v) is 12.7. The van der Waals surface area contributed by atoms with Gasteiger partial charge in [0.15, 0.2) is 0 Å². The zero-order valence-corrected chi connectivity index (χ0v) is 22.0. The van der Waals surface area contributed by atoms with Gasteiger partial charge in [0.05, 0.1) is 5.54 Å². The number of rotatable bonds is 15. The number of benzene rings is 2. The number of carboxylic acids is 1. The molecule has 0 spiro atoms. The van der Waals surface area contributed by atoms with E-state index >= 15 is 0 Å². The quantitative estimate of drug-likeness (QED) is 0.187. The fourth-order valence-corrected chi connectivity index (χ4v) is 3.76. The predicted molar refractivity (Wildman–Crippen MR) is 145 cm³/mol. The molecule has 0 heterocycles. The van der Waals surface area contributed by atoms with Crippen molar-refractivity contribution in [3.05, 3.63) is 71.8 Å². The molecule has 3 atom stereocenters.